The summed E-state index contributed by atoms with van der Waals surface area (Å²) in [5.74, 6) is 2.31. The molecule has 0 aromatic carbocycles. The summed E-state index contributed by atoms with van der Waals surface area (Å²) < 4.78 is 5.46. The number of hydrogen-bond donors (Lipinski definition) is 1. The Labute approximate surface area is 139 Å². The van der Waals surface area contributed by atoms with Gasteiger partial charge in [0.05, 0.1) is 5.56 Å². The molecule has 0 spiro atoms. The summed E-state index contributed by atoms with van der Waals surface area (Å²) in [5.41, 5.74) is 1.04. The minimum Gasteiger partial charge on any atom is -0.355 e. The summed E-state index contributed by atoms with van der Waals surface area (Å²) in [6, 6.07) is 2.22. The van der Waals surface area contributed by atoms with Crippen molar-refractivity contribution >= 4 is 17.2 Å². The Kier molecular flexibility index (Phi) is 4.16. The number of thiophene rings is 1. The van der Waals surface area contributed by atoms with E-state index in [1.54, 1.807) is 0 Å². The molecule has 0 radical (unpaired) electrons. The fourth-order valence-electron chi connectivity index (χ4n) is 3.54. The van der Waals surface area contributed by atoms with E-state index in [9.17, 15) is 4.79 Å². The normalized spacial score (nSPS) is 23.0. The number of aromatic nitrogens is 2. The highest BCUT2D eigenvalue weighted by Crippen LogP contribution is 2.38. The van der Waals surface area contributed by atoms with Gasteiger partial charge in [-0.2, -0.15) is 4.98 Å². The molecule has 1 aliphatic heterocycles. The van der Waals surface area contributed by atoms with E-state index in [1.807, 2.05) is 11.3 Å². The van der Waals surface area contributed by atoms with Gasteiger partial charge in [0.15, 0.2) is 5.82 Å². The highest BCUT2D eigenvalue weighted by atomic mass is 32.1. The Morgan fingerprint density at radius 1 is 1.17 bits per heavy atom. The molecule has 0 bridgehead atoms. The van der Waals surface area contributed by atoms with Crippen molar-refractivity contribution in [3.05, 3.63) is 22.1 Å². The van der Waals surface area contributed by atoms with Gasteiger partial charge in [-0.15, -0.1) is 11.3 Å². The first kappa shape index (κ1) is 14.9. The molecule has 1 N–H and O–H groups in total. The maximum atomic E-state index is 11.2. The quantitative estimate of drug-likeness (QED) is 0.928. The molecule has 3 heterocycles. The van der Waals surface area contributed by atoms with Crippen molar-refractivity contribution < 1.29 is 9.32 Å². The van der Waals surface area contributed by atoms with Crippen molar-refractivity contribution in [2.75, 3.05) is 6.54 Å². The van der Waals surface area contributed by atoms with E-state index in [1.165, 1.54) is 37.0 Å². The van der Waals surface area contributed by atoms with Crippen LogP contribution in [0.4, 0.5) is 0 Å². The molecule has 1 saturated carbocycles. The number of carbonyl (C=O) groups excluding carboxylic acids is 1. The van der Waals surface area contributed by atoms with Crippen LogP contribution in [-0.4, -0.2) is 22.6 Å². The summed E-state index contributed by atoms with van der Waals surface area (Å²) in [6.07, 6.45) is 8.00. The number of rotatable bonds is 3. The summed E-state index contributed by atoms with van der Waals surface area (Å²) in [4.78, 5) is 17.3. The number of nitrogens with zero attached hydrogens (tertiary/aromatic N) is 2. The zero-order chi connectivity index (χ0) is 15.6. The standard InChI is InChI=1S/C17H21N3O2S/c21-15-7-6-12(9-18-15)16-19-17(22-20-16)13-8-14(23-10-13)11-4-2-1-3-5-11/h8,10-12H,1-7,9H2,(H,18,21). The Balaban J connectivity index is 1.48. The Bertz CT molecular complexity index is 678. The number of nitrogens with one attached hydrogen (secondary N) is 1. The molecule has 2 fully saturated rings. The highest BCUT2D eigenvalue weighted by molar-refractivity contribution is 7.10. The van der Waals surface area contributed by atoms with Crippen LogP contribution in [0.25, 0.3) is 11.5 Å². The third kappa shape index (κ3) is 3.17. The second-order valence-electron chi connectivity index (χ2n) is 6.57. The van der Waals surface area contributed by atoms with E-state index in [2.05, 4.69) is 26.9 Å². The molecule has 1 unspecified atom stereocenters. The van der Waals surface area contributed by atoms with Crippen LogP contribution < -0.4 is 5.32 Å². The zero-order valence-corrected chi connectivity index (χ0v) is 13.9. The van der Waals surface area contributed by atoms with Crippen LogP contribution in [0.15, 0.2) is 16.0 Å². The SMILES string of the molecule is O=C1CCC(c2noc(-c3csc(C4CCCCC4)c3)n2)CN1. The average Bonchev–Trinajstić information content (AvgIpc) is 3.26. The van der Waals surface area contributed by atoms with Gasteiger partial charge in [-0.1, -0.05) is 24.4 Å². The summed E-state index contributed by atoms with van der Waals surface area (Å²) in [6.45, 7) is 0.606. The van der Waals surface area contributed by atoms with Gasteiger partial charge in [0.2, 0.25) is 5.91 Å². The van der Waals surface area contributed by atoms with E-state index in [0.29, 0.717) is 30.6 Å². The molecule has 122 valence electrons. The summed E-state index contributed by atoms with van der Waals surface area (Å²) >= 11 is 1.81. The first-order chi connectivity index (χ1) is 11.3. The summed E-state index contributed by atoms with van der Waals surface area (Å²) in [7, 11) is 0. The fourth-order valence-corrected chi connectivity index (χ4v) is 4.59. The van der Waals surface area contributed by atoms with E-state index < -0.39 is 0 Å². The third-order valence-corrected chi connectivity index (χ3v) is 6.04. The van der Waals surface area contributed by atoms with Crippen LogP contribution >= 0.6 is 11.3 Å². The smallest absolute Gasteiger partial charge is 0.258 e. The largest absolute Gasteiger partial charge is 0.355 e. The van der Waals surface area contributed by atoms with Crippen molar-refractivity contribution in [1.82, 2.24) is 15.5 Å². The fraction of sp³-hybridized carbons (Fsp3) is 0.588. The number of hydrogen-bond acceptors (Lipinski definition) is 5. The van der Waals surface area contributed by atoms with Gasteiger partial charge in [-0.25, -0.2) is 0 Å². The van der Waals surface area contributed by atoms with E-state index in [4.69, 9.17) is 4.52 Å². The monoisotopic (exact) mass is 331 g/mol. The number of carbonyl (C=O) groups is 1. The predicted octanol–water partition coefficient (Wildman–Crippen LogP) is 3.84. The Morgan fingerprint density at radius 2 is 2.04 bits per heavy atom. The van der Waals surface area contributed by atoms with Gasteiger partial charge in [-0.05, 0) is 31.2 Å². The second-order valence-corrected chi connectivity index (χ2v) is 7.51. The lowest BCUT2D eigenvalue weighted by Crippen LogP contribution is -2.34. The lowest BCUT2D eigenvalue weighted by atomic mass is 9.88. The summed E-state index contributed by atoms with van der Waals surface area (Å²) in [5, 5.41) is 9.13. The van der Waals surface area contributed by atoms with Crippen LogP contribution in [0.2, 0.25) is 0 Å². The van der Waals surface area contributed by atoms with Gasteiger partial charge in [0, 0.05) is 29.1 Å². The predicted molar refractivity (Wildman–Crippen MR) is 88.4 cm³/mol. The Hall–Kier alpha value is -1.69. The molecule has 2 aromatic rings. The maximum Gasteiger partial charge on any atom is 0.258 e. The first-order valence-corrected chi connectivity index (χ1v) is 9.36. The van der Waals surface area contributed by atoms with E-state index in [-0.39, 0.29) is 11.8 Å². The molecule has 4 rings (SSSR count). The van der Waals surface area contributed by atoms with E-state index in [0.717, 1.165) is 12.0 Å². The van der Waals surface area contributed by atoms with Crippen molar-refractivity contribution in [3.8, 4) is 11.5 Å². The van der Waals surface area contributed by atoms with Gasteiger partial charge in [0.1, 0.15) is 0 Å². The molecule has 2 aliphatic rings. The van der Waals surface area contributed by atoms with Gasteiger partial charge < -0.3 is 9.84 Å². The van der Waals surface area contributed by atoms with Crippen LogP contribution in [0, 0.1) is 0 Å². The molecular formula is C17H21N3O2S. The van der Waals surface area contributed by atoms with Gasteiger partial charge >= 0.3 is 0 Å². The van der Waals surface area contributed by atoms with Gasteiger partial charge in [-0.3, -0.25) is 4.79 Å². The average molecular weight is 331 g/mol. The molecule has 1 atom stereocenters. The lowest BCUT2D eigenvalue weighted by molar-refractivity contribution is -0.122. The van der Waals surface area contributed by atoms with Crippen LogP contribution in [0.5, 0.6) is 0 Å². The van der Waals surface area contributed by atoms with Crippen molar-refractivity contribution in [2.45, 2.75) is 56.8 Å². The lowest BCUT2D eigenvalue weighted by Gasteiger charge is -2.19. The molecule has 1 saturated heterocycles. The molecule has 5 nitrogen and oxygen atoms in total. The minimum absolute atomic E-state index is 0.111. The van der Waals surface area contributed by atoms with Crippen molar-refractivity contribution in [3.63, 3.8) is 0 Å². The van der Waals surface area contributed by atoms with E-state index >= 15 is 0 Å². The van der Waals surface area contributed by atoms with Crippen LogP contribution in [-0.2, 0) is 4.79 Å². The number of piperidine rings is 1. The molecule has 2 aromatic heterocycles. The topological polar surface area (TPSA) is 68.0 Å². The van der Waals surface area contributed by atoms with Crippen molar-refractivity contribution in [2.24, 2.45) is 0 Å². The zero-order valence-electron chi connectivity index (χ0n) is 13.1. The molecule has 23 heavy (non-hydrogen) atoms. The molecule has 6 heteroatoms. The van der Waals surface area contributed by atoms with Gasteiger partial charge in [0.25, 0.3) is 5.89 Å². The van der Waals surface area contributed by atoms with Crippen molar-refractivity contribution in [1.29, 1.82) is 0 Å². The van der Waals surface area contributed by atoms with Crippen LogP contribution in [0.1, 0.15) is 67.5 Å². The molecule has 1 aliphatic carbocycles. The minimum atomic E-state index is 0.111. The maximum absolute atomic E-state index is 11.2. The second kappa shape index (κ2) is 6.43. The third-order valence-electron chi connectivity index (χ3n) is 4.95. The highest BCUT2D eigenvalue weighted by Gasteiger charge is 2.25. The number of amides is 1. The molecule has 1 amide bonds. The first-order valence-electron chi connectivity index (χ1n) is 8.48. The molecular weight excluding hydrogens is 310 g/mol. The van der Waals surface area contributed by atoms with Crippen LogP contribution in [0.3, 0.4) is 0 Å². The Morgan fingerprint density at radius 3 is 2.83 bits per heavy atom.